The van der Waals surface area contributed by atoms with E-state index in [4.69, 9.17) is 0 Å². The summed E-state index contributed by atoms with van der Waals surface area (Å²) in [6.45, 7) is 2.27. The van der Waals surface area contributed by atoms with Crippen LogP contribution >= 0.6 is 0 Å². The number of hydrogen-bond acceptors (Lipinski definition) is 2. The minimum Gasteiger partial charge on any atom is -0.382 e. The van der Waals surface area contributed by atoms with Crippen molar-refractivity contribution in [2.45, 2.75) is 115 Å². The number of unbranched alkanes of at least 4 members (excludes halogenated alkanes) is 9. The highest BCUT2D eigenvalue weighted by molar-refractivity contribution is 6.03. The van der Waals surface area contributed by atoms with Gasteiger partial charge in [0, 0.05) is 5.56 Å². The van der Waals surface area contributed by atoms with Crippen LogP contribution in [0.2, 0.25) is 0 Å². The summed E-state index contributed by atoms with van der Waals surface area (Å²) >= 11 is 0. The van der Waals surface area contributed by atoms with Gasteiger partial charge in [0.1, 0.15) is 5.60 Å². The van der Waals surface area contributed by atoms with Gasteiger partial charge < -0.3 is 5.11 Å². The molecule has 1 fully saturated rings. The first kappa shape index (κ1) is 22.1. The second-order valence-electron chi connectivity index (χ2n) is 8.51. The Labute approximate surface area is 166 Å². The van der Waals surface area contributed by atoms with E-state index < -0.39 is 5.60 Å². The minimum atomic E-state index is -1.12. The molecule has 1 saturated carbocycles. The van der Waals surface area contributed by atoms with Crippen molar-refractivity contribution in [2.24, 2.45) is 0 Å². The first-order valence-electron chi connectivity index (χ1n) is 11.5. The van der Waals surface area contributed by atoms with E-state index >= 15 is 0 Å². The van der Waals surface area contributed by atoms with Crippen LogP contribution in [0.1, 0.15) is 119 Å². The van der Waals surface area contributed by atoms with Crippen LogP contribution in [0.25, 0.3) is 0 Å². The molecule has 0 radical (unpaired) electrons. The maximum absolute atomic E-state index is 13.0. The second kappa shape index (κ2) is 12.3. The van der Waals surface area contributed by atoms with Gasteiger partial charge in [-0.05, 0) is 31.2 Å². The van der Waals surface area contributed by atoms with Crippen LogP contribution in [-0.2, 0) is 6.42 Å². The predicted octanol–water partition coefficient (Wildman–Crippen LogP) is 7.03. The van der Waals surface area contributed by atoms with Crippen LogP contribution in [0.3, 0.4) is 0 Å². The number of carbonyl (C=O) groups is 1. The summed E-state index contributed by atoms with van der Waals surface area (Å²) in [6.07, 6.45) is 18.5. The van der Waals surface area contributed by atoms with Gasteiger partial charge in [-0.1, -0.05) is 108 Å². The molecule has 1 N–H and O–H groups in total. The van der Waals surface area contributed by atoms with E-state index in [1.54, 1.807) is 0 Å². The van der Waals surface area contributed by atoms with Crippen molar-refractivity contribution in [3.05, 3.63) is 35.4 Å². The molecule has 1 aliphatic carbocycles. The SMILES string of the molecule is CCCCCCCCCCCCc1ccccc1C(=O)C1(O)CCCCC1. The Morgan fingerprint density at radius 1 is 0.852 bits per heavy atom. The Bertz CT molecular complexity index is 543. The summed E-state index contributed by atoms with van der Waals surface area (Å²) in [6, 6.07) is 7.95. The number of aliphatic hydroxyl groups is 1. The van der Waals surface area contributed by atoms with Crippen molar-refractivity contribution in [3.63, 3.8) is 0 Å². The number of Topliss-reactive ketones (excluding diaryl/α,β-unsaturated/α-hetero) is 1. The van der Waals surface area contributed by atoms with Crippen LogP contribution in [0.5, 0.6) is 0 Å². The quantitative estimate of drug-likeness (QED) is 0.298. The van der Waals surface area contributed by atoms with E-state index in [9.17, 15) is 9.90 Å². The summed E-state index contributed by atoms with van der Waals surface area (Å²) in [5.74, 6) is -0.0371. The highest BCUT2D eigenvalue weighted by Gasteiger charge is 2.38. The molecule has 0 bridgehead atoms. The Balaban J connectivity index is 1.72. The maximum Gasteiger partial charge on any atom is 0.194 e. The van der Waals surface area contributed by atoms with E-state index in [1.165, 1.54) is 57.8 Å². The van der Waals surface area contributed by atoms with Gasteiger partial charge in [0.2, 0.25) is 0 Å². The summed E-state index contributed by atoms with van der Waals surface area (Å²) in [7, 11) is 0. The lowest BCUT2D eigenvalue weighted by atomic mass is 9.78. The zero-order chi connectivity index (χ0) is 19.4. The lowest BCUT2D eigenvalue weighted by Crippen LogP contribution is -2.40. The largest absolute Gasteiger partial charge is 0.382 e. The zero-order valence-corrected chi connectivity index (χ0v) is 17.5. The van der Waals surface area contributed by atoms with Crippen LogP contribution in [0, 0.1) is 0 Å². The van der Waals surface area contributed by atoms with E-state index in [1.807, 2.05) is 18.2 Å². The first-order chi connectivity index (χ1) is 13.2. The van der Waals surface area contributed by atoms with Crippen LogP contribution in [0.15, 0.2) is 24.3 Å². The van der Waals surface area contributed by atoms with Crippen molar-refractivity contribution in [1.29, 1.82) is 0 Å². The van der Waals surface area contributed by atoms with Crippen molar-refractivity contribution in [1.82, 2.24) is 0 Å². The van der Waals surface area contributed by atoms with Gasteiger partial charge in [-0.25, -0.2) is 0 Å². The average molecular weight is 373 g/mol. The van der Waals surface area contributed by atoms with Gasteiger partial charge >= 0.3 is 0 Å². The third-order valence-corrected chi connectivity index (χ3v) is 6.17. The maximum atomic E-state index is 13.0. The van der Waals surface area contributed by atoms with Crippen LogP contribution in [-0.4, -0.2) is 16.5 Å². The van der Waals surface area contributed by atoms with Crippen molar-refractivity contribution in [2.75, 3.05) is 0 Å². The number of ketones is 1. The zero-order valence-electron chi connectivity index (χ0n) is 17.5. The normalized spacial score (nSPS) is 16.4. The molecule has 2 nitrogen and oxygen atoms in total. The topological polar surface area (TPSA) is 37.3 Å². The molecule has 2 rings (SSSR count). The van der Waals surface area contributed by atoms with E-state index in [2.05, 4.69) is 13.0 Å². The molecule has 0 saturated heterocycles. The fourth-order valence-corrected chi connectivity index (χ4v) is 4.38. The molecule has 1 aromatic carbocycles. The molecule has 27 heavy (non-hydrogen) atoms. The van der Waals surface area contributed by atoms with E-state index in [0.29, 0.717) is 12.8 Å². The van der Waals surface area contributed by atoms with Gasteiger partial charge in [0.05, 0.1) is 0 Å². The monoisotopic (exact) mass is 372 g/mol. The minimum absolute atomic E-state index is 0.0371. The Morgan fingerprint density at radius 2 is 1.41 bits per heavy atom. The van der Waals surface area contributed by atoms with Gasteiger partial charge in [-0.3, -0.25) is 4.79 Å². The molecule has 1 aliphatic rings. The number of aryl methyl sites for hydroxylation is 1. The highest BCUT2D eigenvalue weighted by atomic mass is 16.3. The van der Waals surface area contributed by atoms with Crippen LogP contribution in [0.4, 0.5) is 0 Å². The Morgan fingerprint density at radius 3 is 2.04 bits per heavy atom. The molecule has 2 heteroatoms. The van der Waals surface area contributed by atoms with Crippen LogP contribution < -0.4 is 0 Å². The highest BCUT2D eigenvalue weighted by Crippen LogP contribution is 2.32. The van der Waals surface area contributed by atoms with Gasteiger partial charge in [-0.2, -0.15) is 0 Å². The Kier molecular flexibility index (Phi) is 10.1. The molecule has 0 unspecified atom stereocenters. The number of rotatable bonds is 13. The molecule has 152 valence electrons. The molecule has 0 atom stereocenters. The van der Waals surface area contributed by atoms with Crippen molar-refractivity contribution in [3.8, 4) is 0 Å². The smallest absolute Gasteiger partial charge is 0.194 e. The molecule has 0 aromatic heterocycles. The lowest BCUT2D eigenvalue weighted by Gasteiger charge is -2.31. The van der Waals surface area contributed by atoms with Gasteiger partial charge in [0.15, 0.2) is 5.78 Å². The fraction of sp³-hybridized carbons (Fsp3) is 0.720. The second-order valence-corrected chi connectivity index (χ2v) is 8.51. The molecule has 0 amide bonds. The van der Waals surface area contributed by atoms with Crippen molar-refractivity contribution < 1.29 is 9.90 Å². The fourth-order valence-electron chi connectivity index (χ4n) is 4.38. The standard InChI is InChI=1S/C25H40O2/c1-2-3-4-5-6-7-8-9-10-12-17-22-18-13-14-19-23(22)24(26)25(27)20-15-11-16-21-25/h13-14,18-19,27H,2-12,15-17,20-21H2,1H3. The van der Waals surface area contributed by atoms with Gasteiger partial charge in [-0.15, -0.1) is 0 Å². The number of carbonyl (C=O) groups excluding carboxylic acids is 1. The van der Waals surface area contributed by atoms with E-state index in [0.717, 1.165) is 43.2 Å². The molecular weight excluding hydrogens is 332 g/mol. The Hall–Kier alpha value is -1.15. The lowest BCUT2D eigenvalue weighted by molar-refractivity contribution is 0.0115. The summed E-state index contributed by atoms with van der Waals surface area (Å²) in [5, 5.41) is 10.8. The van der Waals surface area contributed by atoms with Crippen molar-refractivity contribution >= 4 is 5.78 Å². The molecule has 0 heterocycles. The first-order valence-corrected chi connectivity index (χ1v) is 11.5. The summed E-state index contributed by atoms with van der Waals surface area (Å²) in [5.41, 5.74) is 0.769. The predicted molar refractivity (Wildman–Crippen MR) is 114 cm³/mol. The third kappa shape index (κ3) is 7.41. The number of benzene rings is 1. The van der Waals surface area contributed by atoms with E-state index in [-0.39, 0.29) is 5.78 Å². The third-order valence-electron chi connectivity index (χ3n) is 6.17. The molecule has 0 spiro atoms. The number of hydrogen-bond donors (Lipinski definition) is 1. The van der Waals surface area contributed by atoms with Gasteiger partial charge in [0.25, 0.3) is 0 Å². The summed E-state index contributed by atoms with van der Waals surface area (Å²) in [4.78, 5) is 13.0. The summed E-state index contributed by atoms with van der Waals surface area (Å²) < 4.78 is 0. The molecular formula is C25H40O2. The average Bonchev–Trinajstić information content (AvgIpc) is 2.70. The molecule has 0 aliphatic heterocycles. The molecule has 1 aromatic rings.